The maximum Gasteiger partial charge on any atom is 0.344 e. The largest absolute Gasteiger partial charge is 0.482 e. The Balaban J connectivity index is 1.55. The first kappa shape index (κ1) is 19.4. The van der Waals surface area contributed by atoms with Crippen molar-refractivity contribution >= 4 is 28.4 Å². The summed E-state index contributed by atoms with van der Waals surface area (Å²) in [5.74, 6) is -0.446. The third kappa shape index (κ3) is 4.28. The maximum atomic E-state index is 12.6. The molecule has 0 spiro atoms. The van der Waals surface area contributed by atoms with Gasteiger partial charge in [-0.05, 0) is 37.3 Å². The normalized spacial score (nSPS) is 11.8. The number of benzene rings is 2. The second kappa shape index (κ2) is 8.52. The predicted octanol–water partition coefficient (Wildman–Crippen LogP) is 3.95. The van der Waals surface area contributed by atoms with Gasteiger partial charge in [0.05, 0.1) is 0 Å². The van der Waals surface area contributed by atoms with E-state index in [1.807, 2.05) is 24.3 Å². The highest BCUT2D eigenvalue weighted by Gasteiger charge is 2.22. The minimum absolute atomic E-state index is 0.0376. The van der Waals surface area contributed by atoms with Crippen molar-refractivity contribution in [1.29, 1.82) is 0 Å². The maximum absolute atomic E-state index is 12.6. The molecular formula is C22H21NO5. The van der Waals surface area contributed by atoms with E-state index in [1.165, 1.54) is 6.92 Å². The molecule has 28 heavy (non-hydrogen) atoms. The summed E-state index contributed by atoms with van der Waals surface area (Å²) < 4.78 is 10.6. The number of hydrogen-bond acceptors (Lipinski definition) is 5. The number of H-pyrrole nitrogens is 1. The number of hydrogen-bond donors (Lipinski definition) is 1. The van der Waals surface area contributed by atoms with Crippen LogP contribution in [0, 0.1) is 0 Å². The van der Waals surface area contributed by atoms with Crippen LogP contribution in [0.5, 0.6) is 5.75 Å². The van der Waals surface area contributed by atoms with Gasteiger partial charge in [-0.15, -0.1) is 0 Å². The van der Waals surface area contributed by atoms with Crippen molar-refractivity contribution in [1.82, 2.24) is 4.98 Å². The molecule has 3 rings (SSSR count). The topological polar surface area (TPSA) is 85.5 Å². The molecule has 1 atom stereocenters. The van der Waals surface area contributed by atoms with Gasteiger partial charge in [0, 0.05) is 34.6 Å². The molecule has 0 aliphatic carbocycles. The van der Waals surface area contributed by atoms with Crippen LogP contribution in [0.2, 0.25) is 0 Å². The third-order valence-electron chi connectivity index (χ3n) is 4.39. The number of ketones is 2. The lowest BCUT2D eigenvalue weighted by molar-refractivity contribution is -0.148. The molecule has 6 heteroatoms. The molecule has 1 aromatic heterocycles. The van der Waals surface area contributed by atoms with Gasteiger partial charge in [0.15, 0.2) is 18.5 Å². The molecule has 0 aliphatic heterocycles. The van der Waals surface area contributed by atoms with Crippen molar-refractivity contribution in [2.45, 2.75) is 26.4 Å². The Labute approximate surface area is 162 Å². The molecule has 0 bridgehead atoms. The van der Waals surface area contributed by atoms with E-state index in [9.17, 15) is 14.4 Å². The monoisotopic (exact) mass is 379 g/mol. The number of rotatable bonds is 8. The van der Waals surface area contributed by atoms with E-state index in [-0.39, 0.29) is 18.2 Å². The predicted molar refractivity (Wildman–Crippen MR) is 105 cm³/mol. The fourth-order valence-electron chi connectivity index (χ4n) is 2.86. The number of carbonyl (C=O) groups is 3. The first-order chi connectivity index (χ1) is 13.5. The minimum Gasteiger partial charge on any atom is -0.482 e. The van der Waals surface area contributed by atoms with Crippen LogP contribution in [-0.4, -0.2) is 35.2 Å². The molecule has 0 fully saturated rings. The highest BCUT2D eigenvalue weighted by Crippen LogP contribution is 2.20. The van der Waals surface area contributed by atoms with Crippen molar-refractivity contribution < 1.29 is 23.9 Å². The zero-order valence-corrected chi connectivity index (χ0v) is 15.7. The summed E-state index contributed by atoms with van der Waals surface area (Å²) in [6, 6.07) is 14.0. The van der Waals surface area contributed by atoms with Crippen LogP contribution < -0.4 is 4.74 Å². The van der Waals surface area contributed by atoms with Crippen molar-refractivity contribution in [3.8, 4) is 5.75 Å². The molecule has 0 amide bonds. The zero-order valence-electron chi connectivity index (χ0n) is 15.7. The van der Waals surface area contributed by atoms with Gasteiger partial charge in [0.1, 0.15) is 5.75 Å². The average Bonchev–Trinajstić information content (AvgIpc) is 3.15. The Kier molecular flexibility index (Phi) is 5.89. The van der Waals surface area contributed by atoms with Gasteiger partial charge in [0.2, 0.25) is 5.78 Å². The third-order valence-corrected chi connectivity index (χ3v) is 4.39. The Bertz CT molecular complexity index is 1000. The van der Waals surface area contributed by atoms with Gasteiger partial charge in [-0.3, -0.25) is 9.59 Å². The van der Waals surface area contributed by atoms with Crippen molar-refractivity contribution in [2.75, 3.05) is 6.61 Å². The highest BCUT2D eigenvalue weighted by molar-refractivity contribution is 6.10. The van der Waals surface area contributed by atoms with Gasteiger partial charge < -0.3 is 14.5 Å². The summed E-state index contributed by atoms with van der Waals surface area (Å²) in [4.78, 5) is 39.3. The van der Waals surface area contributed by atoms with Gasteiger partial charge in [-0.1, -0.05) is 25.1 Å². The highest BCUT2D eigenvalue weighted by atomic mass is 16.6. The lowest BCUT2D eigenvalue weighted by atomic mass is 10.1. The molecule has 0 saturated carbocycles. The molecule has 6 nitrogen and oxygen atoms in total. The first-order valence-corrected chi connectivity index (χ1v) is 9.05. The van der Waals surface area contributed by atoms with Crippen molar-refractivity contribution in [2.24, 2.45) is 0 Å². The lowest BCUT2D eigenvalue weighted by Crippen LogP contribution is -2.27. The summed E-state index contributed by atoms with van der Waals surface area (Å²) in [5.41, 5.74) is 1.92. The average molecular weight is 379 g/mol. The quantitative estimate of drug-likeness (QED) is 0.473. The zero-order chi connectivity index (χ0) is 20.1. The molecule has 0 saturated heterocycles. The number of aromatic amines is 1. The molecular weight excluding hydrogens is 358 g/mol. The molecule has 0 radical (unpaired) electrons. The van der Waals surface area contributed by atoms with E-state index >= 15 is 0 Å². The van der Waals surface area contributed by atoms with E-state index in [0.29, 0.717) is 23.3 Å². The number of nitrogens with one attached hydrogen (secondary N) is 1. The summed E-state index contributed by atoms with van der Waals surface area (Å²) in [5, 5.41) is 0.786. The van der Waals surface area contributed by atoms with Crippen molar-refractivity contribution in [3.63, 3.8) is 0 Å². The standard InChI is InChI=1S/C22H21NO5/c1-3-20(24)15-8-10-16(11-9-15)27-13-21(25)28-14(2)22(26)18-12-23-19-7-5-4-6-17(18)19/h4-12,14,23H,3,13H2,1-2H3. The van der Waals surface area contributed by atoms with Crippen LogP contribution in [-0.2, 0) is 9.53 Å². The van der Waals surface area contributed by atoms with Crippen LogP contribution in [0.3, 0.4) is 0 Å². The number of aromatic nitrogens is 1. The Morgan fingerprint density at radius 1 is 1.04 bits per heavy atom. The van der Waals surface area contributed by atoms with Gasteiger partial charge in [0.25, 0.3) is 0 Å². The minimum atomic E-state index is -0.931. The summed E-state index contributed by atoms with van der Waals surface area (Å²) in [7, 11) is 0. The Hall–Kier alpha value is -3.41. The van der Waals surface area contributed by atoms with Crippen LogP contribution in [0.1, 0.15) is 41.0 Å². The number of fused-ring (bicyclic) bond motifs is 1. The second-order valence-corrected chi connectivity index (χ2v) is 6.33. The van der Waals surface area contributed by atoms with Gasteiger partial charge >= 0.3 is 5.97 Å². The second-order valence-electron chi connectivity index (χ2n) is 6.33. The number of carbonyl (C=O) groups excluding carboxylic acids is 3. The van der Waals surface area contributed by atoms with E-state index < -0.39 is 12.1 Å². The summed E-state index contributed by atoms with van der Waals surface area (Å²) in [6.45, 7) is 3.00. The van der Waals surface area contributed by atoms with Crippen LogP contribution >= 0.6 is 0 Å². The van der Waals surface area contributed by atoms with Crippen LogP contribution in [0.4, 0.5) is 0 Å². The number of esters is 1. The Morgan fingerprint density at radius 3 is 2.46 bits per heavy atom. The van der Waals surface area contributed by atoms with Gasteiger partial charge in [-0.2, -0.15) is 0 Å². The number of Topliss-reactive ketones (excluding diaryl/α,β-unsaturated/α-hetero) is 2. The Morgan fingerprint density at radius 2 is 1.75 bits per heavy atom. The molecule has 3 aromatic rings. The van der Waals surface area contributed by atoms with E-state index in [1.54, 1.807) is 37.4 Å². The van der Waals surface area contributed by atoms with E-state index in [4.69, 9.17) is 9.47 Å². The molecule has 2 aromatic carbocycles. The smallest absolute Gasteiger partial charge is 0.344 e. The van der Waals surface area contributed by atoms with E-state index in [2.05, 4.69) is 4.98 Å². The summed E-state index contributed by atoms with van der Waals surface area (Å²) >= 11 is 0. The fraction of sp³-hybridized carbons (Fsp3) is 0.227. The van der Waals surface area contributed by atoms with Crippen LogP contribution in [0.15, 0.2) is 54.7 Å². The first-order valence-electron chi connectivity index (χ1n) is 9.05. The van der Waals surface area contributed by atoms with E-state index in [0.717, 1.165) is 10.9 Å². The van der Waals surface area contributed by atoms with Gasteiger partial charge in [-0.25, -0.2) is 4.79 Å². The summed E-state index contributed by atoms with van der Waals surface area (Å²) in [6.07, 6.45) is 1.11. The van der Waals surface area contributed by atoms with Crippen LogP contribution in [0.25, 0.3) is 10.9 Å². The molecule has 1 heterocycles. The molecule has 144 valence electrons. The molecule has 1 unspecified atom stereocenters. The fourth-order valence-corrected chi connectivity index (χ4v) is 2.86. The van der Waals surface area contributed by atoms with Crippen molar-refractivity contribution in [3.05, 3.63) is 65.9 Å². The SMILES string of the molecule is CCC(=O)c1ccc(OCC(=O)OC(C)C(=O)c2c[nH]c3ccccc23)cc1. The molecule has 1 N–H and O–H groups in total. The lowest BCUT2D eigenvalue weighted by Gasteiger charge is -2.12. The molecule has 0 aliphatic rings. The number of para-hydroxylation sites is 1. The number of ether oxygens (including phenoxy) is 2.